The molecule has 1 heteroatoms. The number of hydrogen-bond donors (Lipinski definition) is 0. The Kier molecular flexibility index (Phi) is 2.74. The summed E-state index contributed by atoms with van der Waals surface area (Å²) in [6.45, 7) is 6.75. The number of rotatable bonds is 0. The average molecular weight is 206 g/mol. The van der Waals surface area contributed by atoms with Gasteiger partial charge in [0, 0.05) is 12.3 Å². The second-order valence-corrected chi connectivity index (χ2v) is 5.94. The molecule has 2 atom stereocenters. The molecule has 0 aromatic heterocycles. The third-order valence-corrected chi connectivity index (χ3v) is 4.26. The van der Waals surface area contributed by atoms with E-state index in [1.54, 1.807) is 5.57 Å². The lowest BCUT2D eigenvalue weighted by Gasteiger charge is -2.38. The van der Waals surface area contributed by atoms with E-state index in [1.807, 2.05) is 0 Å². The van der Waals surface area contributed by atoms with Crippen LogP contribution in [-0.2, 0) is 4.79 Å². The molecule has 0 aliphatic heterocycles. The van der Waals surface area contributed by atoms with E-state index in [9.17, 15) is 4.79 Å². The van der Waals surface area contributed by atoms with Gasteiger partial charge < -0.3 is 0 Å². The molecule has 2 unspecified atom stereocenters. The Morgan fingerprint density at radius 1 is 1.40 bits per heavy atom. The van der Waals surface area contributed by atoms with Crippen LogP contribution in [0.3, 0.4) is 0 Å². The summed E-state index contributed by atoms with van der Waals surface area (Å²) in [7, 11) is 0. The topological polar surface area (TPSA) is 17.1 Å². The number of carbonyl (C=O) groups is 1. The van der Waals surface area contributed by atoms with Gasteiger partial charge in [0.25, 0.3) is 0 Å². The van der Waals surface area contributed by atoms with E-state index in [0.29, 0.717) is 17.1 Å². The molecule has 0 radical (unpaired) electrons. The number of hydrogen-bond acceptors (Lipinski definition) is 1. The molecule has 2 rings (SSSR count). The van der Waals surface area contributed by atoms with E-state index in [2.05, 4.69) is 26.8 Å². The van der Waals surface area contributed by atoms with E-state index in [1.165, 1.54) is 19.3 Å². The molecule has 0 heterocycles. The van der Waals surface area contributed by atoms with Gasteiger partial charge in [-0.2, -0.15) is 0 Å². The molecule has 15 heavy (non-hydrogen) atoms. The Bertz CT molecular complexity index is 298. The first kappa shape index (κ1) is 10.9. The molecular formula is C14H22O. The minimum absolute atomic E-state index is 0.249. The lowest BCUT2D eigenvalue weighted by molar-refractivity contribution is -0.122. The van der Waals surface area contributed by atoms with Crippen LogP contribution in [0.4, 0.5) is 0 Å². The summed E-state index contributed by atoms with van der Waals surface area (Å²) in [5.41, 5.74) is 1.92. The highest BCUT2D eigenvalue weighted by Crippen LogP contribution is 2.46. The maximum absolute atomic E-state index is 11.8. The van der Waals surface area contributed by atoms with E-state index < -0.39 is 0 Å². The standard InChI is InChI=1S/C14H22O/c1-10-6-7-12-11(9-13(10)15)5-4-8-14(12,2)3/h7,10-11H,4-6,8-9H2,1-3H3. The van der Waals surface area contributed by atoms with E-state index >= 15 is 0 Å². The Morgan fingerprint density at radius 2 is 2.13 bits per heavy atom. The fraction of sp³-hybridized carbons (Fsp3) is 0.786. The Balaban J connectivity index is 2.27. The third-order valence-electron chi connectivity index (χ3n) is 4.26. The summed E-state index contributed by atoms with van der Waals surface area (Å²) in [5.74, 6) is 1.29. The van der Waals surface area contributed by atoms with Gasteiger partial charge in [0.1, 0.15) is 5.78 Å². The SMILES string of the molecule is CC1CC=C2C(CCCC2(C)C)CC1=O. The van der Waals surface area contributed by atoms with Crippen LogP contribution in [0, 0.1) is 17.3 Å². The lowest BCUT2D eigenvalue weighted by atomic mass is 9.67. The second-order valence-electron chi connectivity index (χ2n) is 5.94. The van der Waals surface area contributed by atoms with E-state index in [4.69, 9.17) is 0 Å². The zero-order valence-corrected chi connectivity index (χ0v) is 10.2. The largest absolute Gasteiger partial charge is 0.299 e. The van der Waals surface area contributed by atoms with Gasteiger partial charge in [-0.3, -0.25) is 4.79 Å². The number of Topliss-reactive ketones (excluding diaryl/α,β-unsaturated/α-hetero) is 1. The third kappa shape index (κ3) is 2.02. The van der Waals surface area contributed by atoms with Gasteiger partial charge in [0.2, 0.25) is 0 Å². The maximum Gasteiger partial charge on any atom is 0.136 e. The van der Waals surface area contributed by atoms with Crippen molar-refractivity contribution >= 4 is 5.78 Å². The van der Waals surface area contributed by atoms with Crippen LogP contribution in [0.1, 0.15) is 52.9 Å². The number of allylic oxidation sites excluding steroid dienone is 2. The molecule has 0 saturated heterocycles. The van der Waals surface area contributed by atoms with Gasteiger partial charge in [0.15, 0.2) is 0 Å². The highest BCUT2D eigenvalue weighted by Gasteiger charge is 2.36. The van der Waals surface area contributed by atoms with Crippen molar-refractivity contribution in [1.29, 1.82) is 0 Å². The zero-order chi connectivity index (χ0) is 11.1. The summed E-state index contributed by atoms with van der Waals surface area (Å²) in [6, 6.07) is 0. The molecule has 0 amide bonds. The van der Waals surface area contributed by atoms with Crippen molar-refractivity contribution in [2.75, 3.05) is 0 Å². The van der Waals surface area contributed by atoms with Gasteiger partial charge in [-0.25, -0.2) is 0 Å². The molecular weight excluding hydrogens is 184 g/mol. The molecule has 2 aliphatic carbocycles. The smallest absolute Gasteiger partial charge is 0.136 e. The van der Waals surface area contributed by atoms with Crippen molar-refractivity contribution in [3.63, 3.8) is 0 Å². The van der Waals surface area contributed by atoms with Crippen LogP contribution in [0.25, 0.3) is 0 Å². The molecule has 2 aliphatic rings. The quantitative estimate of drug-likeness (QED) is 0.552. The summed E-state index contributed by atoms with van der Waals surface area (Å²) >= 11 is 0. The average Bonchev–Trinajstić information content (AvgIpc) is 2.27. The van der Waals surface area contributed by atoms with Crippen molar-refractivity contribution in [1.82, 2.24) is 0 Å². The molecule has 0 aromatic carbocycles. The van der Waals surface area contributed by atoms with Crippen LogP contribution in [-0.4, -0.2) is 5.78 Å². The van der Waals surface area contributed by atoms with Gasteiger partial charge in [0.05, 0.1) is 0 Å². The summed E-state index contributed by atoms with van der Waals surface area (Å²) < 4.78 is 0. The Hall–Kier alpha value is -0.590. The van der Waals surface area contributed by atoms with Crippen molar-refractivity contribution in [2.24, 2.45) is 17.3 Å². The molecule has 0 N–H and O–H groups in total. The second kappa shape index (κ2) is 3.77. The molecule has 84 valence electrons. The van der Waals surface area contributed by atoms with Gasteiger partial charge >= 0.3 is 0 Å². The molecule has 1 fully saturated rings. The summed E-state index contributed by atoms with van der Waals surface area (Å²) in [5, 5.41) is 0. The Morgan fingerprint density at radius 3 is 2.87 bits per heavy atom. The van der Waals surface area contributed by atoms with E-state index in [0.717, 1.165) is 12.8 Å². The van der Waals surface area contributed by atoms with Crippen molar-refractivity contribution in [2.45, 2.75) is 52.9 Å². The first-order chi connectivity index (χ1) is 7.00. The molecule has 0 bridgehead atoms. The van der Waals surface area contributed by atoms with Crippen LogP contribution in [0.15, 0.2) is 11.6 Å². The van der Waals surface area contributed by atoms with Crippen LogP contribution >= 0.6 is 0 Å². The van der Waals surface area contributed by atoms with Gasteiger partial charge in [-0.05, 0) is 30.6 Å². The Labute approximate surface area is 92.9 Å². The molecule has 0 aromatic rings. The monoisotopic (exact) mass is 206 g/mol. The fourth-order valence-electron chi connectivity index (χ4n) is 3.18. The van der Waals surface area contributed by atoms with Gasteiger partial charge in [-0.1, -0.05) is 38.8 Å². The van der Waals surface area contributed by atoms with Crippen LogP contribution in [0.2, 0.25) is 0 Å². The minimum atomic E-state index is 0.249. The number of fused-ring (bicyclic) bond motifs is 1. The normalized spacial score (nSPS) is 35.4. The predicted octanol–water partition coefficient (Wildman–Crippen LogP) is 3.74. The van der Waals surface area contributed by atoms with E-state index in [-0.39, 0.29) is 5.92 Å². The fourth-order valence-corrected chi connectivity index (χ4v) is 3.18. The van der Waals surface area contributed by atoms with Crippen LogP contribution in [0.5, 0.6) is 0 Å². The summed E-state index contributed by atoms with van der Waals surface area (Å²) in [6.07, 6.45) is 7.95. The van der Waals surface area contributed by atoms with Gasteiger partial charge in [-0.15, -0.1) is 0 Å². The summed E-state index contributed by atoms with van der Waals surface area (Å²) in [4.78, 5) is 11.8. The van der Waals surface area contributed by atoms with Crippen LogP contribution < -0.4 is 0 Å². The highest BCUT2D eigenvalue weighted by atomic mass is 16.1. The molecule has 0 spiro atoms. The number of ketones is 1. The highest BCUT2D eigenvalue weighted by molar-refractivity contribution is 5.82. The molecule has 1 saturated carbocycles. The number of carbonyl (C=O) groups excluding carboxylic acids is 1. The maximum atomic E-state index is 11.8. The first-order valence-electron chi connectivity index (χ1n) is 6.24. The first-order valence-corrected chi connectivity index (χ1v) is 6.24. The predicted molar refractivity (Wildman–Crippen MR) is 62.6 cm³/mol. The zero-order valence-electron chi connectivity index (χ0n) is 10.2. The van der Waals surface area contributed by atoms with Crippen molar-refractivity contribution < 1.29 is 4.79 Å². The molecule has 1 nitrogen and oxygen atoms in total. The van der Waals surface area contributed by atoms with Crippen molar-refractivity contribution in [3.05, 3.63) is 11.6 Å². The lowest BCUT2D eigenvalue weighted by Crippen LogP contribution is -2.27. The van der Waals surface area contributed by atoms with Crippen molar-refractivity contribution in [3.8, 4) is 0 Å². The minimum Gasteiger partial charge on any atom is -0.299 e.